The van der Waals surface area contributed by atoms with Crippen LogP contribution in [0.4, 0.5) is 9.80 Å². The van der Waals surface area contributed by atoms with E-state index in [1.165, 1.54) is 6.07 Å². The monoisotopic (exact) mass is 362 g/mol. The van der Waals surface area contributed by atoms with E-state index in [-0.39, 0.29) is 29.9 Å². The van der Waals surface area contributed by atoms with Gasteiger partial charge in [0.25, 0.3) is 11.8 Å². The van der Waals surface area contributed by atoms with Gasteiger partial charge in [0, 0.05) is 0 Å². The average Bonchev–Trinajstić information content (AvgIpc) is 3.47. The average molecular weight is 362 g/mol. The molecule has 132 valence electrons. The van der Waals surface area contributed by atoms with Crippen molar-refractivity contribution in [2.75, 3.05) is 11.9 Å². The molecule has 5 amide bonds. The van der Waals surface area contributed by atoms with Gasteiger partial charge in [-0.2, -0.15) is 0 Å². The maximum atomic E-state index is 12.9. The second-order valence-corrected chi connectivity index (χ2v) is 7.73. The van der Waals surface area contributed by atoms with Crippen LogP contribution in [0.1, 0.15) is 36.0 Å². The lowest BCUT2D eigenvalue weighted by atomic mass is 9.87. The number of thiophene rings is 1. The number of nitrogens with two attached hydrogens (primary N) is 1. The molecule has 2 saturated carbocycles. The first kappa shape index (κ1) is 16.1. The van der Waals surface area contributed by atoms with Crippen LogP contribution in [0.15, 0.2) is 11.4 Å². The third kappa shape index (κ3) is 2.58. The van der Waals surface area contributed by atoms with Crippen molar-refractivity contribution < 1.29 is 19.2 Å². The number of nitrogens with one attached hydrogen (secondary N) is 2. The van der Waals surface area contributed by atoms with Crippen molar-refractivity contribution in [1.29, 1.82) is 0 Å². The maximum absolute atomic E-state index is 12.9. The lowest BCUT2D eigenvalue weighted by Crippen LogP contribution is -2.51. The first-order valence-corrected chi connectivity index (χ1v) is 9.12. The Hall–Kier alpha value is -2.42. The number of nitrogens with zero attached hydrogens (tertiary/aromatic N) is 1. The molecule has 8 nitrogen and oxygen atoms in total. The van der Waals surface area contributed by atoms with Gasteiger partial charge in [0.15, 0.2) is 0 Å². The highest BCUT2D eigenvalue weighted by Crippen LogP contribution is 2.54. The number of carbonyl (C=O) groups excluding carboxylic acids is 4. The Morgan fingerprint density at radius 3 is 2.48 bits per heavy atom. The largest absolute Gasteiger partial charge is 0.366 e. The third-order valence-corrected chi connectivity index (χ3v) is 5.92. The van der Waals surface area contributed by atoms with Gasteiger partial charge in [-0.15, -0.1) is 11.3 Å². The number of hydrogen-bond donors (Lipinski definition) is 3. The predicted octanol–water partition coefficient (Wildman–Crippen LogP) is 0.896. The molecule has 1 aromatic heterocycles. The minimum absolute atomic E-state index is 0.184. The Morgan fingerprint density at radius 2 is 1.92 bits per heavy atom. The molecule has 1 saturated heterocycles. The van der Waals surface area contributed by atoms with Crippen LogP contribution >= 0.6 is 11.3 Å². The molecule has 4 rings (SSSR count). The number of carbonyl (C=O) groups is 4. The van der Waals surface area contributed by atoms with Crippen molar-refractivity contribution in [1.82, 2.24) is 10.2 Å². The summed E-state index contributed by atoms with van der Waals surface area (Å²) in [4.78, 5) is 49.8. The highest BCUT2D eigenvalue weighted by molar-refractivity contribution is 7.14. The maximum Gasteiger partial charge on any atom is 0.325 e. The topological polar surface area (TPSA) is 122 Å². The Balaban J connectivity index is 1.48. The Bertz CT molecular complexity index is 769. The van der Waals surface area contributed by atoms with E-state index >= 15 is 0 Å². The fraction of sp³-hybridized carbons (Fsp3) is 0.500. The van der Waals surface area contributed by atoms with Gasteiger partial charge in [-0.05, 0) is 49.0 Å². The number of urea groups is 1. The van der Waals surface area contributed by atoms with E-state index in [1.54, 1.807) is 5.38 Å². The second kappa shape index (κ2) is 5.55. The van der Waals surface area contributed by atoms with Crippen molar-refractivity contribution in [2.24, 2.45) is 17.6 Å². The van der Waals surface area contributed by atoms with Crippen LogP contribution in [0.2, 0.25) is 0 Å². The van der Waals surface area contributed by atoms with Gasteiger partial charge in [-0.1, -0.05) is 0 Å². The van der Waals surface area contributed by atoms with Crippen LogP contribution in [-0.2, 0) is 9.59 Å². The minimum atomic E-state index is -0.807. The number of primary amides is 1. The molecule has 9 heteroatoms. The van der Waals surface area contributed by atoms with Gasteiger partial charge < -0.3 is 16.4 Å². The van der Waals surface area contributed by atoms with E-state index < -0.39 is 23.4 Å². The van der Waals surface area contributed by atoms with Crippen LogP contribution in [0.5, 0.6) is 0 Å². The predicted molar refractivity (Wildman–Crippen MR) is 89.9 cm³/mol. The highest BCUT2D eigenvalue weighted by Gasteiger charge is 2.65. The molecule has 1 aromatic rings. The van der Waals surface area contributed by atoms with E-state index in [0.717, 1.165) is 41.9 Å². The summed E-state index contributed by atoms with van der Waals surface area (Å²) in [5, 5.41) is 7.39. The molecule has 3 fully saturated rings. The standard InChI is InChI=1S/C16H18N4O4S/c17-12(22)10-5-6-25-13(10)18-11(21)7-20-14(23)16(8-1-2-8,9-3-4-9)19-15(20)24/h5-6,8-9H,1-4,7H2,(H2,17,22)(H,18,21)(H,19,24). The molecule has 0 spiro atoms. The summed E-state index contributed by atoms with van der Waals surface area (Å²) >= 11 is 1.16. The number of imide groups is 1. The molecule has 1 aliphatic heterocycles. The number of hydrogen-bond acceptors (Lipinski definition) is 5. The van der Waals surface area contributed by atoms with Crippen LogP contribution in [0.3, 0.4) is 0 Å². The summed E-state index contributed by atoms with van der Waals surface area (Å²) in [5.74, 6) is -1.10. The van der Waals surface area contributed by atoms with Crippen LogP contribution < -0.4 is 16.4 Å². The number of rotatable bonds is 6. The lowest BCUT2D eigenvalue weighted by molar-refractivity contribution is -0.135. The summed E-state index contributed by atoms with van der Waals surface area (Å²) in [7, 11) is 0. The molecule has 0 atom stereocenters. The van der Waals surface area contributed by atoms with E-state index in [2.05, 4.69) is 10.6 Å². The van der Waals surface area contributed by atoms with Gasteiger partial charge in [0.1, 0.15) is 17.1 Å². The molecule has 25 heavy (non-hydrogen) atoms. The molecular weight excluding hydrogens is 344 g/mol. The summed E-state index contributed by atoms with van der Waals surface area (Å²) in [6, 6.07) is 1.00. The van der Waals surface area contributed by atoms with Gasteiger partial charge >= 0.3 is 6.03 Å². The molecule has 0 bridgehead atoms. The van der Waals surface area contributed by atoms with Crippen molar-refractivity contribution in [3.05, 3.63) is 17.0 Å². The molecule has 4 N–H and O–H groups in total. The number of anilines is 1. The zero-order valence-corrected chi connectivity index (χ0v) is 14.2. The quantitative estimate of drug-likeness (QED) is 0.651. The van der Waals surface area contributed by atoms with Crippen LogP contribution in [0, 0.1) is 11.8 Å². The fourth-order valence-corrected chi connectivity index (χ4v) is 4.44. The molecule has 0 aromatic carbocycles. The SMILES string of the molecule is NC(=O)c1ccsc1NC(=O)CN1C(=O)NC(C2CC2)(C2CC2)C1=O. The summed E-state index contributed by atoms with van der Waals surface area (Å²) < 4.78 is 0. The van der Waals surface area contributed by atoms with Gasteiger partial charge in [-0.3, -0.25) is 19.3 Å². The summed E-state index contributed by atoms with van der Waals surface area (Å²) in [5.41, 5.74) is 4.65. The Labute approximate surface area is 147 Å². The molecular formula is C16H18N4O4S. The first-order valence-electron chi connectivity index (χ1n) is 8.24. The number of amides is 5. The van der Waals surface area contributed by atoms with Gasteiger partial charge in [0.05, 0.1) is 5.56 Å². The van der Waals surface area contributed by atoms with E-state index in [4.69, 9.17) is 5.73 Å². The van der Waals surface area contributed by atoms with Crippen molar-refractivity contribution >= 4 is 40.1 Å². The molecule has 0 radical (unpaired) electrons. The zero-order valence-electron chi connectivity index (χ0n) is 13.4. The minimum Gasteiger partial charge on any atom is -0.366 e. The fourth-order valence-electron chi connectivity index (χ4n) is 3.63. The molecule has 2 aliphatic carbocycles. The van der Waals surface area contributed by atoms with Gasteiger partial charge in [0.2, 0.25) is 5.91 Å². The van der Waals surface area contributed by atoms with Gasteiger partial charge in [-0.25, -0.2) is 4.79 Å². The molecule has 3 aliphatic rings. The normalized spacial score (nSPS) is 22.0. The zero-order chi connectivity index (χ0) is 17.8. The Morgan fingerprint density at radius 1 is 1.28 bits per heavy atom. The van der Waals surface area contributed by atoms with E-state index in [1.807, 2.05) is 0 Å². The Kier molecular flexibility index (Phi) is 3.57. The van der Waals surface area contributed by atoms with E-state index in [0.29, 0.717) is 5.00 Å². The highest BCUT2D eigenvalue weighted by atomic mass is 32.1. The van der Waals surface area contributed by atoms with Crippen molar-refractivity contribution in [2.45, 2.75) is 31.2 Å². The second-order valence-electron chi connectivity index (χ2n) is 6.81. The third-order valence-electron chi connectivity index (χ3n) is 5.09. The summed E-state index contributed by atoms with van der Waals surface area (Å²) in [6.07, 6.45) is 3.72. The van der Waals surface area contributed by atoms with E-state index in [9.17, 15) is 19.2 Å². The molecule has 2 heterocycles. The van der Waals surface area contributed by atoms with Crippen molar-refractivity contribution in [3.8, 4) is 0 Å². The smallest absolute Gasteiger partial charge is 0.325 e. The lowest BCUT2D eigenvalue weighted by Gasteiger charge is -2.26. The van der Waals surface area contributed by atoms with Crippen molar-refractivity contribution in [3.63, 3.8) is 0 Å². The summed E-state index contributed by atoms with van der Waals surface area (Å²) in [6.45, 7) is -0.373. The molecule has 0 unspecified atom stereocenters. The van der Waals surface area contributed by atoms with Crippen LogP contribution in [-0.4, -0.2) is 40.7 Å². The van der Waals surface area contributed by atoms with Crippen LogP contribution in [0.25, 0.3) is 0 Å². The first-order chi connectivity index (χ1) is 11.9.